The van der Waals surface area contributed by atoms with E-state index in [1.165, 1.54) is 0 Å². The highest BCUT2D eigenvalue weighted by Gasteiger charge is 2.21. The second kappa shape index (κ2) is 9.67. The molecule has 33 heavy (non-hydrogen) atoms. The molecule has 0 aliphatic rings. The SMILES string of the molecule is CC(C)c1c(C(=O)Nc2cccc(C(=O)Nc3ccccn3)c2)cnn1-c1cccc(Cl)c1. The van der Waals surface area contributed by atoms with Gasteiger partial charge in [0.2, 0.25) is 0 Å². The molecule has 4 aromatic rings. The lowest BCUT2D eigenvalue weighted by molar-refractivity contribution is 0.101. The van der Waals surface area contributed by atoms with Gasteiger partial charge in [0.15, 0.2) is 0 Å². The Morgan fingerprint density at radius 1 is 0.939 bits per heavy atom. The summed E-state index contributed by atoms with van der Waals surface area (Å²) in [5, 5.41) is 10.6. The number of carbonyl (C=O) groups is 2. The van der Waals surface area contributed by atoms with Gasteiger partial charge in [-0.25, -0.2) is 9.67 Å². The van der Waals surface area contributed by atoms with Crippen LogP contribution in [0.2, 0.25) is 5.02 Å². The van der Waals surface area contributed by atoms with Crippen molar-refractivity contribution in [2.45, 2.75) is 19.8 Å². The largest absolute Gasteiger partial charge is 0.322 e. The van der Waals surface area contributed by atoms with E-state index in [0.29, 0.717) is 27.7 Å². The Morgan fingerprint density at radius 3 is 2.48 bits per heavy atom. The van der Waals surface area contributed by atoms with Gasteiger partial charge < -0.3 is 10.6 Å². The molecule has 0 saturated heterocycles. The molecule has 0 radical (unpaired) electrons. The number of amides is 2. The second-order valence-electron chi connectivity index (χ2n) is 7.69. The number of halogens is 1. The first-order valence-electron chi connectivity index (χ1n) is 10.4. The van der Waals surface area contributed by atoms with Crippen LogP contribution in [0, 0.1) is 0 Å². The molecule has 0 fully saturated rings. The van der Waals surface area contributed by atoms with Gasteiger partial charge in [0.1, 0.15) is 5.82 Å². The Bertz CT molecular complexity index is 1300. The van der Waals surface area contributed by atoms with E-state index < -0.39 is 0 Å². The van der Waals surface area contributed by atoms with E-state index in [4.69, 9.17) is 11.6 Å². The van der Waals surface area contributed by atoms with E-state index in [2.05, 4.69) is 20.7 Å². The van der Waals surface area contributed by atoms with E-state index in [1.54, 1.807) is 71.7 Å². The number of benzene rings is 2. The number of anilines is 2. The third-order valence-corrected chi connectivity index (χ3v) is 5.17. The van der Waals surface area contributed by atoms with E-state index in [0.717, 1.165) is 11.4 Å². The molecular formula is C25H22ClN5O2. The van der Waals surface area contributed by atoms with Crippen LogP contribution >= 0.6 is 11.6 Å². The van der Waals surface area contributed by atoms with Crippen LogP contribution in [0.15, 0.2) is 79.1 Å². The number of carbonyl (C=O) groups excluding carboxylic acids is 2. The molecule has 0 aliphatic heterocycles. The maximum absolute atomic E-state index is 13.1. The fourth-order valence-corrected chi connectivity index (χ4v) is 3.65. The highest BCUT2D eigenvalue weighted by molar-refractivity contribution is 6.30. The highest BCUT2D eigenvalue weighted by Crippen LogP contribution is 2.25. The number of nitrogens with one attached hydrogen (secondary N) is 2. The zero-order valence-electron chi connectivity index (χ0n) is 18.1. The number of aromatic nitrogens is 3. The number of nitrogens with zero attached hydrogens (tertiary/aromatic N) is 3. The van der Waals surface area contributed by atoms with Crippen molar-refractivity contribution >= 4 is 34.9 Å². The van der Waals surface area contributed by atoms with Crippen LogP contribution in [0.5, 0.6) is 0 Å². The monoisotopic (exact) mass is 459 g/mol. The first kappa shape index (κ1) is 22.2. The fraction of sp³-hybridized carbons (Fsp3) is 0.120. The molecular weight excluding hydrogens is 438 g/mol. The minimum absolute atomic E-state index is 0.0303. The van der Waals surface area contributed by atoms with Crippen molar-refractivity contribution in [2.75, 3.05) is 10.6 Å². The molecule has 7 nitrogen and oxygen atoms in total. The van der Waals surface area contributed by atoms with Gasteiger partial charge in [-0.1, -0.05) is 43.6 Å². The molecule has 2 amide bonds. The molecule has 8 heteroatoms. The van der Waals surface area contributed by atoms with Gasteiger partial charge >= 0.3 is 0 Å². The lowest BCUT2D eigenvalue weighted by Gasteiger charge is -2.13. The Balaban J connectivity index is 1.56. The summed E-state index contributed by atoms with van der Waals surface area (Å²) in [7, 11) is 0. The van der Waals surface area contributed by atoms with Crippen molar-refractivity contribution in [3.05, 3.63) is 101 Å². The van der Waals surface area contributed by atoms with Crippen LogP contribution in [0.4, 0.5) is 11.5 Å². The zero-order valence-corrected chi connectivity index (χ0v) is 18.9. The number of hydrogen-bond acceptors (Lipinski definition) is 4. The number of hydrogen-bond donors (Lipinski definition) is 2. The summed E-state index contributed by atoms with van der Waals surface area (Å²) >= 11 is 6.14. The Labute approximate surface area is 196 Å². The maximum Gasteiger partial charge on any atom is 0.259 e. The summed E-state index contributed by atoms with van der Waals surface area (Å²) in [5.41, 5.74) is 2.89. The molecule has 0 unspecified atom stereocenters. The van der Waals surface area contributed by atoms with Gasteiger partial charge in [-0.2, -0.15) is 5.10 Å². The number of rotatable bonds is 6. The van der Waals surface area contributed by atoms with E-state index >= 15 is 0 Å². The average Bonchev–Trinajstić information content (AvgIpc) is 3.26. The first-order chi connectivity index (χ1) is 15.9. The molecule has 2 heterocycles. The predicted octanol–water partition coefficient (Wildman–Crippen LogP) is 5.55. The summed E-state index contributed by atoms with van der Waals surface area (Å²) in [6.07, 6.45) is 3.14. The minimum Gasteiger partial charge on any atom is -0.322 e. The smallest absolute Gasteiger partial charge is 0.259 e. The molecule has 2 aromatic carbocycles. The van der Waals surface area contributed by atoms with Crippen molar-refractivity contribution in [3.8, 4) is 5.69 Å². The minimum atomic E-state index is -0.318. The van der Waals surface area contributed by atoms with Crippen LogP contribution in [0.25, 0.3) is 5.69 Å². The average molecular weight is 460 g/mol. The summed E-state index contributed by atoms with van der Waals surface area (Å²) in [5.74, 6) is -0.148. The second-order valence-corrected chi connectivity index (χ2v) is 8.13. The van der Waals surface area contributed by atoms with Gasteiger partial charge in [0.25, 0.3) is 11.8 Å². The molecule has 0 spiro atoms. The molecule has 166 valence electrons. The summed E-state index contributed by atoms with van der Waals surface area (Å²) in [6, 6.07) is 19.3. The molecule has 0 bridgehead atoms. The standard InChI is InChI=1S/C25H22ClN5O2/c1-16(2)23-21(15-28-31(23)20-10-6-8-18(26)14-20)25(33)29-19-9-5-7-17(13-19)24(32)30-22-11-3-4-12-27-22/h3-16H,1-2H3,(H,29,33)(H,27,30,32). The van der Waals surface area contributed by atoms with Crippen LogP contribution < -0.4 is 10.6 Å². The molecule has 2 N–H and O–H groups in total. The normalized spacial score (nSPS) is 10.8. The predicted molar refractivity (Wildman–Crippen MR) is 129 cm³/mol. The van der Waals surface area contributed by atoms with Crippen molar-refractivity contribution in [3.63, 3.8) is 0 Å². The Kier molecular flexibility index (Phi) is 6.51. The third-order valence-electron chi connectivity index (χ3n) is 4.94. The van der Waals surface area contributed by atoms with Gasteiger partial charge in [-0.05, 0) is 54.4 Å². The molecule has 0 saturated carbocycles. The summed E-state index contributed by atoms with van der Waals surface area (Å²) in [4.78, 5) is 29.8. The topological polar surface area (TPSA) is 88.9 Å². The zero-order chi connectivity index (χ0) is 23.4. The summed E-state index contributed by atoms with van der Waals surface area (Å²) in [6.45, 7) is 3.99. The molecule has 0 aliphatic carbocycles. The lowest BCUT2D eigenvalue weighted by Crippen LogP contribution is -2.17. The fourth-order valence-electron chi connectivity index (χ4n) is 3.46. The Morgan fingerprint density at radius 2 is 1.76 bits per heavy atom. The first-order valence-corrected chi connectivity index (χ1v) is 10.8. The lowest BCUT2D eigenvalue weighted by atomic mass is 10.0. The van der Waals surface area contributed by atoms with Gasteiger partial charge in [-0.15, -0.1) is 0 Å². The highest BCUT2D eigenvalue weighted by atomic mass is 35.5. The molecule has 2 aromatic heterocycles. The van der Waals surface area contributed by atoms with Gasteiger partial charge in [-0.3, -0.25) is 9.59 Å². The number of pyridine rings is 1. The van der Waals surface area contributed by atoms with Crippen molar-refractivity contribution in [1.82, 2.24) is 14.8 Å². The quantitative estimate of drug-likeness (QED) is 0.395. The van der Waals surface area contributed by atoms with E-state index in [-0.39, 0.29) is 17.7 Å². The van der Waals surface area contributed by atoms with Gasteiger partial charge in [0, 0.05) is 22.5 Å². The van der Waals surface area contributed by atoms with Gasteiger partial charge in [0.05, 0.1) is 23.1 Å². The summed E-state index contributed by atoms with van der Waals surface area (Å²) < 4.78 is 1.72. The van der Waals surface area contributed by atoms with Crippen molar-refractivity contribution in [1.29, 1.82) is 0 Å². The van der Waals surface area contributed by atoms with E-state index in [9.17, 15) is 9.59 Å². The van der Waals surface area contributed by atoms with Crippen LogP contribution in [-0.4, -0.2) is 26.6 Å². The molecule has 0 atom stereocenters. The molecule has 4 rings (SSSR count). The van der Waals surface area contributed by atoms with Crippen LogP contribution in [-0.2, 0) is 0 Å². The van der Waals surface area contributed by atoms with Crippen molar-refractivity contribution in [2.24, 2.45) is 0 Å². The van der Waals surface area contributed by atoms with Crippen LogP contribution in [0.3, 0.4) is 0 Å². The third kappa shape index (κ3) is 5.10. The maximum atomic E-state index is 13.1. The van der Waals surface area contributed by atoms with Crippen molar-refractivity contribution < 1.29 is 9.59 Å². The Hall–Kier alpha value is -3.97. The van der Waals surface area contributed by atoms with E-state index in [1.807, 2.05) is 26.0 Å². The van der Waals surface area contributed by atoms with Crippen LogP contribution in [0.1, 0.15) is 46.2 Å².